The average molecular weight is 770 g/mol. The minimum Gasteiger partial charge on any atom is -0.387 e. The molecular formula is C45H74N2O6P+. The zero-order chi connectivity index (χ0) is 40.0. The van der Waals surface area contributed by atoms with Crippen molar-refractivity contribution in [3.05, 3.63) is 122 Å². The van der Waals surface area contributed by atoms with Crippen molar-refractivity contribution in [1.29, 1.82) is 0 Å². The second-order valence-corrected chi connectivity index (χ2v) is 15.4. The van der Waals surface area contributed by atoms with E-state index < -0.39 is 20.0 Å². The lowest BCUT2D eigenvalue weighted by Gasteiger charge is -2.25. The number of unbranched alkanes of at least 4 members (excludes halogenated alkanes) is 3. The molecular weight excluding hydrogens is 695 g/mol. The Morgan fingerprint density at radius 2 is 1.11 bits per heavy atom. The van der Waals surface area contributed by atoms with Gasteiger partial charge in [-0.05, 0) is 90.4 Å². The van der Waals surface area contributed by atoms with E-state index in [1.165, 1.54) is 0 Å². The number of hydrogen-bond acceptors (Lipinski definition) is 5. The first-order chi connectivity index (χ1) is 26.0. The van der Waals surface area contributed by atoms with E-state index in [0.29, 0.717) is 17.4 Å². The summed E-state index contributed by atoms with van der Waals surface area (Å²) in [5.74, 6) is -0.260. The van der Waals surface area contributed by atoms with Crippen LogP contribution in [0.5, 0.6) is 0 Å². The molecule has 9 heteroatoms. The normalized spacial score (nSPS) is 15.8. The van der Waals surface area contributed by atoms with Gasteiger partial charge in [-0.1, -0.05) is 128 Å². The Morgan fingerprint density at radius 1 is 0.667 bits per heavy atom. The minimum atomic E-state index is -4.37. The summed E-state index contributed by atoms with van der Waals surface area (Å²) in [5.41, 5.74) is 0. The molecule has 54 heavy (non-hydrogen) atoms. The molecule has 8 nitrogen and oxygen atoms in total. The molecule has 3 atom stereocenters. The first-order valence-corrected chi connectivity index (χ1v) is 21.4. The van der Waals surface area contributed by atoms with E-state index in [-0.39, 0.29) is 25.5 Å². The van der Waals surface area contributed by atoms with Crippen LogP contribution in [-0.2, 0) is 18.4 Å². The van der Waals surface area contributed by atoms with Gasteiger partial charge >= 0.3 is 7.82 Å². The molecule has 0 aliphatic heterocycles. The Kier molecular flexibility index (Phi) is 33.5. The Labute approximate surface area is 329 Å². The number of carbonyl (C=O) groups excluding carboxylic acids is 1. The second-order valence-electron chi connectivity index (χ2n) is 13.9. The standard InChI is InChI=1S/C45H73N2O6P/c1-6-8-10-12-14-16-17-18-19-20-21-22-23-24-25-26-27-28-29-31-33-35-37-39-45(49)46-43(42-53-54(50,51)52-41-40-47(3,4)5)44(48)38-36-34-32-30-15-13-11-9-7-2/h7-10,14-16,18-19,21-22,24-25,27-28,30-31,33,36,38,43-44,48H,6,11-13,17,20,23,26,29,32,34-35,37,39-42H2,1-5H3,(H-,46,49,50,51)/p+1/b9-7+,10-8-,16-14-,19-18-,22-21-,25-24-,28-27-,30-15+,33-31-,38-36+. The van der Waals surface area contributed by atoms with Gasteiger partial charge in [0.2, 0.25) is 5.91 Å². The summed E-state index contributed by atoms with van der Waals surface area (Å²) in [6.07, 6.45) is 53.1. The number of allylic oxidation sites excluding steroid dienone is 19. The molecule has 1 amide bonds. The third-order valence-corrected chi connectivity index (χ3v) is 8.72. The number of hydrogen-bond donors (Lipinski definition) is 3. The van der Waals surface area contributed by atoms with Crippen LogP contribution in [0.2, 0.25) is 0 Å². The number of phosphoric acid groups is 1. The molecule has 0 spiro atoms. The lowest BCUT2D eigenvalue weighted by molar-refractivity contribution is -0.870. The van der Waals surface area contributed by atoms with Gasteiger partial charge in [0.1, 0.15) is 13.2 Å². The highest BCUT2D eigenvalue weighted by Crippen LogP contribution is 2.43. The molecule has 3 unspecified atom stereocenters. The second kappa shape index (κ2) is 35.6. The monoisotopic (exact) mass is 770 g/mol. The fraction of sp³-hybridized carbons (Fsp3) is 0.533. The highest BCUT2D eigenvalue weighted by molar-refractivity contribution is 7.47. The Hall–Kier alpha value is -3.10. The number of aliphatic hydroxyl groups excluding tert-OH is 1. The molecule has 0 bridgehead atoms. The highest BCUT2D eigenvalue weighted by atomic mass is 31.2. The van der Waals surface area contributed by atoms with Gasteiger partial charge < -0.3 is 19.8 Å². The lowest BCUT2D eigenvalue weighted by Crippen LogP contribution is -2.45. The van der Waals surface area contributed by atoms with Gasteiger partial charge in [0, 0.05) is 6.42 Å². The predicted molar refractivity (Wildman–Crippen MR) is 230 cm³/mol. The first-order valence-electron chi connectivity index (χ1n) is 19.9. The predicted octanol–water partition coefficient (Wildman–Crippen LogP) is 10.7. The van der Waals surface area contributed by atoms with Crippen LogP contribution in [0.25, 0.3) is 0 Å². The zero-order valence-electron chi connectivity index (χ0n) is 34.1. The summed E-state index contributed by atoms with van der Waals surface area (Å²) < 4.78 is 23.4. The summed E-state index contributed by atoms with van der Waals surface area (Å²) in [5, 5.41) is 13.6. The Bertz CT molecular complexity index is 1280. The van der Waals surface area contributed by atoms with Gasteiger partial charge in [-0.2, -0.15) is 0 Å². The van der Waals surface area contributed by atoms with Crippen molar-refractivity contribution < 1.29 is 32.9 Å². The average Bonchev–Trinajstić information content (AvgIpc) is 3.12. The van der Waals surface area contributed by atoms with Crippen LogP contribution < -0.4 is 5.32 Å². The molecule has 3 N–H and O–H groups in total. The number of nitrogens with one attached hydrogen (secondary N) is 1. The van der Waals surface area contributed by atoms with Crippen molar-refractivity contribution in [3.8, 4) is 0 Å². The summed E-state index contributed by atoms with van der Waals surface area (Å²) in [6, 6.07) is -0.906. The number of phosphoric ester groups is 1. The molecule has 0 rings (SSSR count). The maximum absolute atomic E-state index is 12.8. The number of aliphatic hydroxyl groups is 1. The largest absolute Gasteiger partial charge is 0.472 e. The number of amides is 1. The molecule has 0 fully saturated rings. The fourth-order valence-electron chi connectivity index (χ4n) is 4.59. The van der Waals surface area contributed by atoms with Crippen LogP contribution in [0.3, 0.4) is 0 Å². The molecule has 0 radical (unpaired) electrons. The molecule has 0 heterocycles. The fourth-order valence-corrected chi connectivity index (χ4v) is 5.33. The van der Waals surface area contributed by atoms with Crippen molar-refractivity contribution in [2.24, 2.45) is 0 Å². The Balaban J connectivity index is 4.55. The van der Waals surface area contributed by atoms with Crippen molar-refractivity contribution in [3.63, 3.8) is 0 Å². The van der Waals surface area contributed by atoms with Gasteiger partial charge in [-0.15, -0.1) is 0 Å². The van der Waals surface area contributed by atoms with Crippen LogP contribution in [0.4, 0.5) is 0 Å². The van der Waals surface area contributed by atoms with E-state index in [0.717, 1.165) is 77.0 Å². The molecule has 0 saturated heterocycles. The molecule has 0 aromatic heterocycles. The smallest absolute Gasteiger partial charge is 0.387 e. The number of carbonyl (C=O) groups is 1. The van der Waals surface area contributed by atoms with E-state index in [4.69, 9.17) is 9.05 Å². The van der Waals surface area contributed by atoms with Crippen LogP contribution in [-0.4, -0.2) is 73.4 Å². The third kappa shape index (κ3) is 37.2. The van der Waals surface area contributed by atoms with Crippen molar-refractivity contribution >= 4 is 13.7 Å². The SMILES string of the molecule is C/C=C/CC/C=C/CC/C=C/C(O)C(COP(=O)(O)OCC[N+](C)(C)C)NC(=O)CCC/C=C\C/C=C\C/C=C\C/C=C\C/C=C\C/C=C\C/C=C\CC. The first kappa shape index (κ1) is 50.9. The van der Waals surface area contributed by atoms with Crippen molar-refractivity contribution in [1.82, 2.24) is 5.32 Å². The van der Waals surface area contributed by atoms with E-state index in [2.05, 4.69) is 116 Å². The van der Waals surface area contributed by atoms with E-state index in [1.54, 1.807) is 6.08 Å². The van der Waals surface area contributed by atoms with Crippen LogP contribution in [0.1, 0.15) is 104 Å². The topological polar surface area (TPSA) is 105 Å². The number of nitrogens with zero attached hydrogens (tertiary/aromatic N) is 1. The van der Waals surface area contributed by atoms with E-state index in [1.807, 2.05) is 40.2 Å². The third-order valence-electron chi connectivity index (χ3n) is 7.74. The van der Waals surface area contributed by atoms with Gasteiger partial charge in [0.15, 0.2) is 0 Å². The molecule has 0 aromatic rings. The quantitative estimate of drug-likeness (QED) is 0.0266. The minimum absolute atomic E-state index is 0.0343. The molecule has 0 aromatic carbocycles. The molecule has 0 aliphatic carbocycles. The van der Waals surface area contributed by atoms with Crippen LogP contribution in [0, 0.1) is 0 Å². The summed E-state index contributed by atoms with van der Waals surface area (Å²) >= 11 is 0. The summed E-state index contributed by atoms with van der Waals surface area (Å²) in [7, 11) is 1.48. The number of likely N-dealkylation sites (N-methyl/N-ethyl adjacent to an activating group) is 1. The van der Waals surface area contributed by atoms with Gasteiger partial charge in [0.05, 0.1) is 39.9 Å². The Morgan fingerprint density at radius 3 is 1.59 bits per heavy atom. The number of quaternary nitrogens is 1. The van der Waals surface area contributed by atoms with Gasteiger partial charge in [-0.25, -0.2) is 4.57 Å². The van der Waals surface area contributed by atoms with Gasteiger partial charge in [-0.3, -0.25) is 13.8 Å². The highest BCUT2D eigenvalue weighted by Gasteiger charge is 2.27. The summed E-state index contributed by atoms with van der Waals surface area (Å²) in [4.78, 5) is 23.0. The van der Waals surface area contributed by atoms with Gasteiger partial charge in [0.25, 0.3) is 0 Å². The molecule has 0 aliphatic rings. The van der Waals surface area contributed by atoms with Crippen molar-refractivity contribution in [2.75, 3.05) is 40.9 Å². The number of rotatable bonds is 33. The van der Waals surface area contributed by atoms with E-state index >= 15 is 0 Å². The zero-order valence-corrected chi connectivity index (χ0v) is 35.0. The lowest BCUT2D eigenvalue weighted by atomic mass is 10.1. The van der Waals surface area contributed by atoms with Crippen molar-refractivity contribution in [2.45, 2.75) is 116 Å². The van der Waals surface area contributed by atoms with Crippen LogP contribution in [0.15, 0.2) is 122 Å². The molecule has 304 valence electrons. The summed E-state index contributed by atoms with van der Waals surface area (Å²) in [6.45, 7) is 4.33. The maximum Gasteiger partial charge on any atom is 0.472 e. The van der Waals surface area contributed by atoms with E-state index in [9.17, 15) is 19.4 Å². The molecule has 0 saturated carbocycles. The maximum atomic E-state index is 12.8. The van der Waals surface area contributed by atoms with Crippen LogP contribution >= 0.6 is 7.82 Å².